The summed E-state index contributed by atoms with van der Waals surface area (Å²) in [6.07, 6.45) is 3.05. The van der Waals surface area contributed by atoms with E-state index < -0.39 is 0 Å². The van der Waals surface area contributed by atoms with E-state index in [1.807, 2.05) is 5.38 Å². The van der Waals surface area contributed by atoms with Gasteiger partial charge in [-0.25, -0.2) is 0 Å². The quantitative estimate of drug-likeness (QED) is 0.389. The Morgan fingerprint density at radius 2 is 2.36 bits per heavy atom. The molecule has 0 bridgehead atoms. The van der Waals surface area contributed by atoms with Crippen molar-refractivity contribution < 1.29 is 9.59 Å². The third kappa shape index (κ3) is 2.13. The highest BCUT2D eigenvalue weighted by Gasteiger charge is 1.99. The molecule has 0 aliphatic heterocycles. The van der Waals surface area contributed by atoms with Crippen LogP contribution in [0, 0.1) is 0 Å². The lowest BCUT2D eigenvalue weighted by molar-refractivity contribution is -0.104. The molecule has 11 heavy (non-hydrogen) atoms. The van der Waals surface area contributed by atoms with Crippen molar-refractivity contribution in [3.63, 3.8) is 0 Å². The van der Waals surface area contributed by atoms with Crippen molar-refractivity contribution in [2.24, 2.45) is 0 Å². The minimum absolute atomic E-state index is 0.118. The van der Waals surface area contributed by atoms with Crippen LogP contribution in [0.2, 0.25) is 0 Å². The molecule has 0 aliphatic carbocycles. The zero-order valence-corrected chi connectivity index (χ0v) is 6.51. The number of thiophene rings is 1. The van der Waals surface area contributed by atoms with Gasteiger partial charge in [0.25, 0.3) is 0 Å². The summed E-state index contributed by atoms with van der Waals surface area (Å²) in [4.78, 5) is 21.5. The molecule has 1 heterocycles. The highest BCUT2D eigenvalue weighted by Crippen LogP contribution is 2.09. The Labute approximate surface area is 68.2 Å². The summed E-state index contributed by atoms with van der Waals surface area (Å²) in [6.45, 7) is 0. The Morgan fingerprint density at radius 3 is 2.91 bits per heavy atom. The smallest absolute Gasteiger partial charge is 0.195 e. The van der Waals surface area contributed by atoms with Gasteiger partial charge in [-0.2, -0.15) is 0 Å². The first-order valence-corrected chi connectivity index (χ1v) is 3.92. The fraction of sp³-hybridized carbons (Fsp3) is 0. The summed E-state index contributed by atoms with van der Waals surface area (Å²) in [7, 11) is 0. The van der Waals surface area contributed by atoms with E-state index in [-0.39, 0.29) is 5.78 Å². The molecular weight excluding hydrogens is 160 g/mol. The molecule has 0 fully saturated rings. The Hall–Kier alpha value is -1.22. The molecular formula is C8H6O2S. The molecule has 1 aromatic heterocycles. The summed E-state index contributed by atoms with van der Waals surface area (Å²) < 4.78 is 0. The zero-order valence-electron chi connectivity index (χ0n) is 5.69. The van der Waals surface area contributed by atoms with Gasteiger partial charge < -0.3 is 0 Å². The third-order valence-electron chi connectivity index (χ3n) is 1.09. The second kappa shape index (κ2) is 3.83. The van der Waals surface area contributed by atoms with Gasteiger partial charge in [0.1, 0.15) is 6.29 Å². The van der Waals surface area contributed by atoms with E-state index in [1.54, 1.807) is 12.1 Å². The van der Waals surface area contributed by atoms with E-state index in [4.69, 9.17) is 0 Å². The van der Waals surface area contributed by atoms with Crippen LogP contribution in [0.25, 0.3) is 0 Å². The summed E-state index contributed by atoms with van der Waals surface area (Å²) in [6, 6.07) is 3.52. The molecule has 0 N–H and O–H groups in total. The number of aldehydes is 1. The average Bonchev–Trinajstić information content (AvgIpc) is 2.52. The third-order valence-corrected chi connectivity index (χ3v) is 1.97. The second-order valence-corrected chi connectivity index (χ2v) is 2.78. The number of allylic oxidation sites excluding steroid dienone is 2. The molecule has 0 amide bonds. The lowest BCUT2D eigenvalue weighted by atomic mass is 10.3. The number of rotatable bonds is 3. The highest BCUT2D eigenvalue weighted by molar-refractivity contribution is 7.12. The van der Waals surface area contributed by atoms with Crippen LogP contribution in [0.3, 0.4) is 0 Å². The van der Waals surface area contributed by atoms with Crippen LogP contribution in [-0.2, 0) is 4.79 Å². The van der Waals surface area contributed by atoms with Crippen LogP contribution < -0.4 is 0 Å². The maximum Gasteiger partial charge on any atom is 0.195 e. The van der Waals surface area contributed by atoms with E-state index in [2.05, 4.69) is 0 Å². The maximum absolute atomic E-state index is 11.0. The zero-order chi connectivity index (χ0) is 8.10. The Morgan fingerprint density at radius 1 is 1.55 bits per heavy atom. The molecule has 0 aromatic carbocycles. The van der Waals surface area contributed by atoms with Crippen molar-refractivity contribution in [1.82, 2.24) is 0 Å². The SMILES string of the molecule is O=C/C=C\C(=O)c1cccs1. The number of carbonyl (C=O) groups excluding carboxylic acids is 2. The topological polar surface area (TPSA) is 34.1 Å². The normalized spacial score (nSPS) is 10.2. The van der Waals surface area contributed by atoms with Crippen LogP contribution in [-0.4, -0.2) is 12.1 Å². The monoisotopic (exact) mass is 166 g/mol. The van der Waals surface area contributed by atoms with Gasteiger partial charge in [-0.3, -0.25) is 9.59 Å². The summed E-state index contributed by atoms with van der Waals surface area (Å²) in [5.74, 6) is -0.118. The minimum Gasteiger partial charge on any atom is -0.299 e. The van der Waals surface area contributed by atoms with Crippen LogP contribution in [0.4, 0.5) is 0 Å². The predicted molar refractivity (Wildman–Crippen MR) is 43.9 cm³/mol. The molecule has 1 aromatic rings. The summed E-state index contributed by atoms with van der Waals surface area (Å²) in [5.41, 5.74) is 0. The van der Waals surface area contributed by atoms with Gasteiger partial charge in [-0.05, 0) is 23.6 Å². The van der Waals surface area contributed by atoms with Crippen molar-refractivity contribution in [2.45, 2.75) is 0 Å². The van der Waals surface area contributed by atoms with Gasteiger partial charge in [0.05, 0.1) is 4.88 Å². The van der Waals surface area contributed by atoms with Gasteiger partial charge in [0.2, 0.25) is 0 Å². The summed E-state index contributed by atoms with van der Waals surface area (Å²) in [5, 5.41) is 1.82. The van der Waals surface area contributed by atoms with Crippen molar-refractivity contribution in [3.05, 3.63) is 34.5 Å². The fourth-order valence-electron chi connectivity index (χ4n) is 0.628. The van der Waals surface area contributed by atoms with Gasteiger partial charge in [0.15, 0.2) is 5.78 Å². The first-order valence-electron chi connectivity index (χ1n) is 3.04. The molecule has 0 saturated heterocycles. The van der Waals surface area contributed by atoms with Gasteiger partial charge in [0, 0.05) is 0 Å². The van der Waals surface area contributed by atoms with Crippen molar-refractivity contribution in [1.29, 1.82) is 0 Å². The van der Waals surface area contributed by atoms with Gasteiger partial charge >= 0.3 is 0 Å². The lowest BCUT2D eigenvalue weighted by Gasteiger charge is -1.83. The van der Waals surface area contributed by atoms with Crippen molar-refractivity contribution in [3.8, 4) is 0 Å². The van der Waals surface area contributed by atoms with Crippen LogP contribution >= 0.6 is 11.3 Å². The van der Waals surface area contributed by atoms with E-state index in [1.165, 1.54) is 23.5 Å². The molecule has 1 rings (SSSR count). The molecule has 0 saturated carbocycles. The molecule has 0 aliphatic rings. The molecule has 3 heteroatoms. The van der Waals surface area contributed by atoms with E-state index in [0.717, 1.165) is 0 Å². The first-order chi connectivity index (χ1) is 5.34. The van der Waals surface area contributed by atoms with Crippen molar-refractivity contribution in [2.75, 3.05) is 0 Å². The molecule has 56 valence electrons. The lowest BCUT2D eigenvalue weighted by Crippen LogP contribution is -1.88. The minimum atomic E-state index is -0.118. The molecule has 0 atom stereocenters. The van der Waals surface area contributed by atoms with Crippen molar-refractivity contribution >= 4 is 23.4 Å². The van der Waals surface area contributed by atoms with Crippen LogP contribution in [0.1, 0.15) is 9.67 Å². The van der Waals surface area contributed by atoms with Crippen LogP contribution in [0.15, 0.2) is 29.7 Å². The number of carbonyl (C=O) groups is 2. The van der Waals surface area contributed by atoms with Gasteiger partial charge in [-0.1, -0.05) is 6.07 Å². The highest BCUT2D eigenvalue weighted by atomic mass is 32.1. The molecule has 0 radical (unpaired) electrons. The van der Waals surface area contributed by atoms with Gasteiger partial charge in [-0.15, -0.1) is 11.3 Å². The Kier molecular flexibility index (Phi) is 2.74. The molecule has 0 unspecified atom stereocenters. The van der Waals surface area contributed by atoms with E-state index in [0.29, 0.717) is 11.2 Å². The van der Waals surface area contributed by atoms with E-state index >= 15 is 0 Å². The fourth-order valence-corrected chi connectivity index (χ4v) is 1.27. The number of hydrogen-bond acceptors (Lipinski definition) is 3. The average molecular weight is 166 g/mol. The standard InChI is InChI=1S/C8H6O2S/c9-5-1-3-7(10)8-4-2-6-11-8/h1-6H/b3-1-. The Bertz CT molecular complexity index is 272. The second-order valence-electron chi connectivity index (χ2n) is 1.84. The van der Waals surface area contributed by atoms with Crippen LogP contribution in [0.5, 0.6) is 0 Å². The summed E-state index contributed by atoms with van der Waals surface area (Å²) >= 11 is 1.36. The predicted octanol–water partition coefficient (Wildman–Crippen LogP) is 1.69. The Balaban J connectivity index is 2.71. The largest absolute Gasteiger partial charge is 0.299 e. The van der Waals surface area contributed by atoms with E-state index in [9.17, 15) is 9.59 Å². The number of ketones is 1. The number of hydrogen-bond donors (Lipinski definition) is 0. The molecule has 0 spiro atoms. The maximum atomic E-state index is 11.0. The molecule has 2 nitrogen and oxygen atoms in total. The first kappa shape index (κ1) is 7.88.